The van der Waals surface area contributed by atoms with Crippen molar-refractivity contribution in [3.8, 4) is 11.5 Å². The van der Waals surface area contributed by atoms with E-state index in [1.54, 1.807) is 0 Å². The van der Waals surface area contributed by atoms with Crippen molar-refractivity contribution >= 4 is 33.5 Å². The highest BCUT2D eigenvalue weighted by Crippen LogP contribution is 2.43. The molecule has 1 aliphatic carbocycles. The molecule has 0 saturated carbocycles. The predicted octanol–water partition coefficient (Wildman–Crippen LogP) is 5.21. The van der Waals surface area contributed by atoms with Gasteiger partial charge >= 0.3 is 5.97 Å². The molecule has 0 amide bonds. The van der Waals surface area contributed by atoms with Gasteiger partial charge in [0.05, 0.1) is 20.1 Å². The molecular weight excluding hydrogens is 420 g/mol. The van der Waals surface area contributed by atoms with Crippen molar-refractivity contribution in [1.29, 1.82) is 0 Å². The van der Waals surface area contributed by atoms with Crippen molar-refractivity contribution in [1.82, 2.24) is 0 Å². The van der Waals surface area contributed by atoms with Crippen molar-refractivity contribution in [2.45, 2.75) is 31.3 Å². The second kappa shape index (κ2) is 7.12. The number of benzene rings is 2. The minimum absolute atomic E-state index is 0.0229. The molecule has 26 heavy (non-hydrogen) atoms. The van der Waals surface area contributed by atoms with Gasteiger partial charge in [0, 0.05) is 27.0 Å². The molecule has 6 heteroatoms. The van der Waals surface area contributed by atoms with Gasteiger partial charge in [-0.2, -0.15) is 0 Å². The molecule has 0 N–H and O–H groups in total. The summed E-state index contributed by atoms with van der Waals surface area (Å²) < 4.78 is 17.8. The van der Waals surface area contributed by atoms with Crippen molar-refractivity contribution in [3.05, 3.63) is 56.5 Å². The van der Waals surface area contributed by atoms with Crippen LogP contribution in [0.2, 0.25) is 5.02 Å². The number of esters is 1. The second-order valence-electron chi connectivity index (χ2n) is 6.59. The molecule has 0 spiro atoms. The Morgan fingerprint density at radius 1 is 1.31 bits per heavy atom. The molecule has 2 aliphatic rings. The molecule has 2 aromatic rings. The van der Waals surface area contributed by atoms with Gasteiger partial charge in [0.2, 0.25) is 0 Å². The highest BCUT2D eigenvalue weighted by molar-refractivity contribution is 9.10. The van der Waals surface area contributed by atoms with Gasteiger partial charge in [-0.1, -0.05) is 33.6 Å². The third kappa shape index (κ3) is 3.30. The first-order valence-electron chi connectivity index (χ1n) is 8.53. The molecule has 2 aromatic carbocycles. The number of hydrogen-bond acceptors (Lipinski definition) is 4. The number of ether oxygens (including phenoxy) is 3. The summed E-state index contributed by atoms with van der Waals surface area (Å²) >= 11 is 9.79. The molecule has 0 aromatic heterocycles. The lowest BCUT2D eigenvalue weighted by Crippen LogP contribution is -2.09. The van der Waals surface area contributed by atoms with Crippen molar-refractivity contribution in [3.63, 3.8) is 0 Å². The van der Waals surface area contributed by atoms with E-state index in [0.29, 0.717) is 18.1 Å². The van der Waals surface area contributed by atoms with E-state index in [4.69, 9.17) is 25.8 Å². The summed E-state index contributed by atoms with van der Waals surface area (Å²) in [6.45, 7) is 0.489. The molecule has 1 heterocycles. The summed E-state index contributed by atoms with van der Waals surface area (Å²) in [5.41, 5.74) is 3.42. The van der Waals surface area contributed by atoms with Gasteiger partial charge in [0.15, 0.2) is 0 Å². The molecule has 0 saturated heterocycles. The smallest absolute Gasteiger partial charge is 0.306 e. The van der Waals surface area contributed by atoms with E-state index < -0.39 is 0 Å². The topological polar surface area (TPSA) is 44.8 Å². The van der Waals surface area contributed by atoms with Crippen LogP contribution in [0.3, 0.4) is 0 Å². The number of methoxy groups -OCH3 is 1. The number of halogens is 2. The van der Waals surface area contributed by atoms with Gasteiger partial charge in [0.1, 0.15) is 17.6 Å². The van der Waals surface area contributed by atoms with Gasteiger partial charge in [-0.3, -0.25) is 4.79 Å². The summed E-state index contributed by atoms with van der Waals surface area (Å²) in [4.78, 5) is 11.5. The molecule has 1 aliphatic heterocycles. The van der Waals surface area contributed by atoms with Gasteiger partial charge in [0.25, 0.3) is 0 Å². The van der Waals surface area contributed by atoms with E-state index >= 15 is 0 Å². The van der Waals surface area contributed by atoms with Crippen LogP contribution < -0.4 is 9.47 Å². The Kier molecular flexibility index (Phi) is 4.84. The standard InChI is InChI=1S/C20H18BrClO4/c1-24-20(23)6-11-10-25-19-9-13(2-3-14(11)19)26-18-5-4-15-16(18)7-12(22)8-17(15)21/h2-3,7-9,11,18H,4-6,10H2,1H3/t11?,18-/m1/s1. The molecule has 0 fully saturated rings. The molecule has 0 bridgehead atoms. The molecule has 4 nitrogen and oxygen atoms in total. The molecule has 0 radical (unpaired) electrons. The van der Waals surface area contributed by atoms with E-state index in [2.05, 4.69) is 15.9 Å². The third-order valence-corrected chi connectivity index (χ3v) is 5.91. The largest absolute Gasteiger partial charge is 0.492 e. The Morgan fingerprint density at radius 2 is 2.15 bits per heavy atom. The van der Waals surface area contributed by atoms with Crippen LogP contribution in [-0.4, -0.2) is 19.7 Å². The number of carbonyl (C=O) groups excluding carboxylic acids is 1. The highest BCUT2D eigenvalue weighted by atomic mass is 79.9. The fourth-order valence-electron chi connectivity index (χ4n) is 3.68. The lowest BCUT2D eigenvalue weighted by molar-refractivity contribution is -0.141. The molecule has 136 valence electrons. The van der Waals surface area contributed by atoms with Gasteiger partial charge < -0.3 is 14.2 Å². The molecule has 1 unspecified atom stereocenters. The summed E-state index contributed by atoms with van der Waals surface area (Å²) in [6, 6.07) is 9.73. The maximum Gasteiger partial charge on any atom is 0.306 e. The average molecular weight is 438 g/mol. The van der Waals surface area contributed by atoms with E-state index in [1.807, 2.05) is 30.3 Å². The van der Waals surface area contributed by atoms with Crippen molar-refractivity contribution in [2.75, 3.05) is 13.7 Å². The molecular formula is C20H18BrClO4. The Hall–Kier alpha value is -1.72. The van der Waals surface area contributed by atoms with E-state index in [0.717, 1.165) is 39.9 Å². The Bertz CT molecular complexity index is 867. The van der Waals surface area contributed by atoms with Crippen molar-refractivity contribution in [2.24, 2.45) is 0 Å². The number of fused-ring (bicyclic) bond motifs is 2. The molecule has 4 rings (SSSR count). The first-order chi connectivity index (χ1) is 12.5. The summed E-state index contributed by atoms with van der Waals surface area (Å²) in [6.07, 6.45) is 2.18. The fourth-order valence-corrected chi connectivity index (χ4v) is 4.71. The van der Waals surface area contributed by atoms with Crippen LogP contribution in [0.25, 0.3) is 0 Å². The Labute approximate surface area is 165 Å². The fraction of sp³-hybridized carbons (Fsp3) is 0.350. The number of rotatable bonds is 4. The zero-order chi connectivity index (χ0) is 18.3. The summed E-state index contributed by atoms with van der Waals surface area (Å²) in [5, 5.41) is 0.703. The normalized spacial score (nSPS) is 20.3. The van der Waals surface area contributed by atoms with Crippen LogP contribution >= 0.6 is 27.5 Å². The average Bonchev–Trinajstić information content (AvgIpc) is 3.19. The van der Waals surface area contributed by atoms with E-state index in [-0.39, 0.29) is 18.0 Å². The van der Waals surface area contributed by atoms with Crippen LogP contribution in [0.15, 0.2) is 34.8 Å². The van der Waals surface area contributed by atoms with E-state index in [9.17, 15) is 4.79 Å². The van der Waals surface area contributed by atoms with Gasteiger partial charge in [-0.15, -0.1) is 0 Å². The number of carbonyl (C=O) groups is 1. The van der Waals surface area contributed by atoms with Crippen LogP contribution in [0, 0.1) is 0 Å². The van der Waals surface area contributed by atoms with Gasteiger partial charge in [-0.05, 0) is 42.2 Å². The van der Waals surface area contributed by atoms with Crippen LogP contribution in [-0.2, 0) is 16.0 Å². The maximum absolute atomic E-state index is 11.5. The monoisotopic (exact) mass is 436 g/mol. The molecule has 2 atom stereocenters. The van der Waals surface area contributed by atoms with Crippen LogP contribution in [0.4, 0.5) is 0 Å². The first-order valence-corrected chi connectivity index (χ1v) is 9.70. The Balaban J connectivity index is 1.53. The van der Waals surface area contributed by atoms with Crippen LogP contribution in [0.5, 0.6) is 11.5 Å². The minimum atomic E-state index is -0.225. The summed E-state index contributed by atoms with van der Waals surface area (Å²) in [5.74, 6) is 1.35. The van der Waals surface area contributed by atoms with Crippen LogP contribution in [0.1, 0.15) is 41.6 Å². The first kappa shape index (κ1) is 17.7. The third-order valence-electron chi connectivity index (χ3n) is 4.98. The van der Waals surface area contributed by atoms with Gasteiger partial charge in [-0.25, -0.2) is 0 Å². The Morgan fingerprint density at radius 3 is 2.96 bits per heavy atom. The maximum atomic E-state index is 11.5. The zero-order valence-electron chi connectivity index (χ0n) is 14.3. The highest BCUT2D eigenvalue weighted by Gasteiger charge is 2.29. The SMILES string of the molecule is COC(=O)CC1COc2cc(O[C@@H]3CCc4c(Br)cc(Cl)cc43)ccc21. The lowest BCUT2D eigenvalue weighted by atomic mass is 9.98. The predicted molar refractivity (Wildman–Crippen MR) is 102 cm³/mol. The lowest BCUT2D eigenvalue weighted by Gasteiger charge is -2.16. The second-order valence-corrected chi connectivity index (χ2v) is 7.88. The zero-order valence-corrected chi connectivity index (χ0v) is 16.6. The number of hydrogen-bond donors (Lipinski definition) is 0. The minimum Gasteiger partial charge on any atom is -0.492 e. The quantitative estimate of drug-likeness (QED) is 0.616. The summed E-state index contributed by atoms with van der Waals surface area (Å²) in [7, 11) is 1.40. The van der Waals surface area contributed by atoms with Crippen molar-refractivity contribution < 1.29 is 19.0 Å². The van der Waals surface area contributed by atoms with E-state index in [1.165, 1.54) is 12.7 Å².